The second kappa shape index (κ2) is 3.14. The molecule has 0 bridgehead atoms. The van der Waals surface area contributed by atoms with Crippen molar-refractivity contribution >= 4 is 0 Å². The summed E-state index contributed by atoms with van der Waals surface area (Å²) in [5.74, 6) is 0. The highest BCUT2D eigenvalue weighted by Gasteiger charge is 2.01. The Hall–Kier alpha value is -1.04. The van der Waals surface area contributed by atoms with Gasteiger partial charge in [0.15, 0.2) is 0 Å². The van der Waals surface area contributed by atoms with Crippen LogP contribution < -0.4 is 0 Å². The molecule has 0 aliphatic heterocycles. The third-order valence-corrected chi connectivity index (χ3v) is 2.52. The van der Waals surface area contributed by atoms with E-state index in [0.29, 0.717) is 0 Å². The molecular formula is C12H13-. The van der Waals surface area contributed by atoms with E-state index in [1.807, 2.05) is 0 Å². The van der Waals surface area contributed by atoms with Crippen LogP contribution in [0.4, 0.5) is 0 Å². The molecule has 0 saturated carbocycles. The Morgan fingerprint density at radius 3 is 2.67 bits per heavy atom. The van der Waals surface area contributed by atoms with Crippen LogP contribution in [0.1, 0.15) is 25.7 Å². The van der Waals surface area contributed by atoms with Crippen molar-refractivity contribution in [3.05, 3.63) is 47.6 Å². The van der Waals surface area contributed by atoms with Gasteiger partial charge in [0.05, 0.1) is 0 Å². The van der Waals surface area contributed by atoms with Crippen molar-refractivity contribution in [2.75, 3.05) is 0 Å². The Bertz CT molecular complexity index is 287. The van der Waals surface area contributed by atoms with Gasteiger partial charge in [0.1, 0.15) is 0 Å². The van der Waals surface area contributed by atoms with Crippen molar-refractivity contribution in [1.29, 1.82) is 0 Å². The highest BCUT2D eigenvalue weighted by molar-refractivity contribution is 5.38. The SMILES string of the molecule is [CH-]=C(CCC1=CC=C1)C1=CCC1. The van der Waals surface area contributed by atoms with Crippen molar-refractivity contribution in [2.45, 2.75) is 25.7 Å². The molecule has 0 amide bonds. The molecule has 0 spiro atoms. The lowest BCUT2D eigenvalue weighted by Crippen LogP contribution is -1.98. The van der Waals surface area contributed by atoms with Gasteiger partial charge >= 0.3 is 0 Å². The van der Waals surface area contributed by atoms with Crippen molar-refractivity contribution < 1.29 is 0 Å². The van der Waals surface area contributed by atoms with E-state index in [1.165, 1.54) is 24.0 Å². The summed E-state index contributed by atoms with van der Waals surface area (Å²) in [4.78, 5) is 0. The largest absolute Gasteiger partial charge is 0.289 e. The lowest BCUT2D eigenvalue weighted by Gasteiger charge is -2.27. The standard InChI is InChI=1S/C12H13/c1-10(12-6-3-7-12)8-9-11-4-2-5-11/h1-2,4-6H,3,7-9H2/q-1. The van der Waals surface area contributed by atoms with E-state index < -0.39 is 0 Å². The van der Waals surface area contributed by atoms with E-state index in [-0.39, 0.29) is 0 Å². The van der Waals surface area contributed by atoms with Crippen LogP contribution in [-0.4, -0.2) is 0 Å². The first-order valence-corrected chi connectivity index (χ1v) is 4.54. The van der Waals surface area contributed by atoms with Gasteiger partial charge in [-0.1, -0.05) is 37.5 Å². The maximum Gasteiger partial charge on any atom is -0.0267 e. The van der Waals surface area contributed by atoms with Gasteiger partial charge in [-0.2, -0.15) is 11.6 Å². The molecule has 0 radical (unpaired) electrons. The van der Waals surface area contributed by atoms with Gasteiger partial charge in [-0.15, -0.1) is 0 Å². The predicted octanol–water partition coefficient (Wildman–Crippen LogP) is 3.34. The minimum Gasteiger partial charge on any atom is -0.289 e. The quantitative estimate of drug-likeness (QED) is 0.549. The average Bonchev–Trinajstić information content (AvgIpc) is 1.79. The van der Waals surface area contributed by atoms with Crippen molar-refractivity contribution in [3.63, 3.8) is 0 Å². The molecule has 0 fully saturated rings. The van der Waals surface area contributed by atoms with Crippen LogP contribution in [0, 0.1) is 6.58 Å². The normalized spacial score (nSPS) is 19.0. The molecular weight excluding hydrogens is 144 g/mol. The first-order valence-electron chi connectivity index (χ1n) is 4.54. The smallest absolute Gasteiger partial charge is 0.0267 e. The minimum atomic E-state index is 1.03. The summed E-state index contributed by atoms with van der Waals surface area (Å²) < 4.78 is 0. The van der Waals surface area contributed by atoms with E-state index in [2.05, 4.69) is 24.3 Å². The molecule has 2 aliphatic rings. The summed E-state index contributed by atoms with van der Waals surface area (Å²) in [5.41, 5.74) is 3.92. The predicted molar refractivity (Wildman–Crippen MR) is 51.6 cm³/mol. The molecule has 0 aromatic rings. The second-order valence-corrected chi connectivity index (χ2v) is 3.39. The first-order chi connectivity index (χ1) is 5.86. The molecule has 0 nitrogen and oxygen atoms in total. The third kappa shape index (κ3) is 1.42. The fourth-order valence-electron chi connectivity index (χ4n) is 1.42. The van der Waals surface area contributed by atoms with Crippen molar-refractivity contribution in [2.24, 2.45) is 0 Å². The van der Waals surface area contributed by atoms with Crippen LogP contribution in [-0.2, 0) is 0 Å². The molecule has 12 heavy (non-hydrogen) atoms. The zero-order chi connectivity index (χ0) is 8.39. The molecule has 62 valence electrons. The molecule has 0 saturated heterocycles. The van der Waals surface area contributed by atoms with E-state index in [4.69, 9.17) is 6.58 Å². The summed E-state index contributed by atoms with van der Waals surface area (Å²) in [6.07, 6.45) is 13.2. The average molecular weight is 157 g/mol. The van der Waals surface area contributed by atoms with Crippen LogP contribution >= 0.6 is 0 Å². The number of hydrogen-bond donors (Lipinski definition) is 0. The molecule has 0 N–H and O–H groups in total. The van der Waals surface area contributed by atoms with Gasteiger partial charge in [-0.3, -0.25) is 6.58 Å². The molecule has 0 aromatic carbocycles. The first kappa shape index (κ1) is 7.60. The summed E-state index contributed by atoms with van der Waals surface area (Å²) >= 11 is 0. The molecule has 0 heteroatoms. The van der Waals surface area contributed by atoms with E-state index in [1.54, 1.807) is 0 Å². The Labute approximate surface area is 74.0 Å². The van der Waals surface area contributed by atoms with Crippen LogP contribution in [0.15, 0.2) is 41.0 Å². The van der Waals surface area contributed by atoms with Crippen LogP contribution in [0.5, 0.6) is 0 Å². The minimum absolute atomic E-state index is 1.03. The summed E-state index contributed by atoms with van der Waals surface area (Å²) in [7, 11) is 0. The van der Waals surface area contributed by atoms with Gasteiger partial charge in [0.2, 0.25) is 0 Å². The van der Waals surface area contributed by atoms with Crippen LogP contribution in [0.2, 0.25) is 0 Å². The fourth-order valence-corrected chi connectivity index (χ4v) is 1.42. The van der Waals surface area contributed by atoms with Crippen LogP contribution in [0.25, 0.3) is 0 Å². The van der Waals surface area contributed by atoms with Crippen LogP contribution in [0.3, 0.4) is 0 Å². The molecule has 2 rings (SSSR count). The number of rotatable bonds is 4. The van der Waals surface area contributed by atoms with E-state index in [9.17, 15) is 0 Å². The van der Waals surface area contributed by atoms with E-state index in [0.717, 1.165) is 18.4 Å². The summed E-state index contributed by atoms with van der Waals surface area (Å²) in [6, 6.07) is 0. The lowest BCUT2D eigenvalue weighted by molar-refractivity contribution is 0.837. The number of hydrogen-bond acceptors (Lipinski definition) is 0. The summed E-state index contributed by atoms with van der Waals surface area (Å²) in [6.45, 7) is 5.90. The Kier molecular flexibility index (Phi) is 1.99. The zero-order valence-corrected chi connectivity index (χ0v) is 7.22. The van der Waals surface area contributed by atoms with Gasteiger partial charge in [0, 0.05) is 0 Å². The van der Waals surface area contributed by atoms with Crippen molar-refractivity contribution in [1.82, 2.24) is 0 Å². The molecule has 0 heterocycles. The van der Waals surface area contributed by atoms with Gasteiger partial charge in [-0.25, -0.2) is 5.57 Å². The molecule has 0 atom stereocenters. The molecule has 0 aromatic heterocycles. The van der Waals surface area contributed by atoms with E-state index >= 15 is 0 Å². The number of allylic oxidation sites excluding steroid dienone is 7. The topological polar surface area (TPSA) is 0 Å². The maximum absolute atomic E-state index is 5.90. The zero-order valence-electron chi connectivity index (χ0n) is 7.22. The highest BCUT2D eigenvalue weighted by Crippen LogP contribution is 2.28. The fraction of sp³-hybridized carbons (Fsp3) is 0.333. The summed E-state index contributed by atoms with van der Waals surface area (Å²) in [5, 5.41) is 0. The van der Waals surface area contributed by atoms with Gasteiger partial charge in [0.25, 0.3) is 0 Å². The van der Waals surface area contributed by atoms with Gasteiger partial charge < -0.3 is 0 Å². The monoisotopic (exact) mass is 157 g/mol. The maximum atomic E-state index is 5.90. The van der Waals surface area contributed by atoms with Crippen molar-refractivity contribution in [3.8, 4) is 0 Å². The Morgan fingerprint density at radius 2 is 2.25 bits per heavy atom. The highest BCUT2D eigenvalue weighted by atomic mass is 14.1. The molecule has 0 unspecified atom stereocenters. The second-order valence-electron chi connectivity index (χ2n) is 3.39. The third-order valence-electron chi connectivity index (χ3n) is 2.52. The lowest BCUT2D eigenvalue weighted by atomic mass is 9.88. The Morgan fingerprint density at radius 1 is 1.50 bits per heavy atom. The Balaban J connectivity index is 1.75. The van der Waals surface area contributed by atoms with Gasteiger partial charge in [-0.05, 0) is 12.0 Å². The molecule has 2 aliphatic carbocycles.